The minimum atomic E-state index is -0.984. The van der Waals surface area contributed by atoms with Crippen LogP contribution < -0.4 is 0 Å². The van der Waals surface area contributed by atoms with E-state index in [0.717, 1.165) is 15.8 Å². The Kier molecular flexibility index (Phi) is 5.16. The molecule has 0 unspecified atom stereocenters. The topological polar surface area (TPSA) is 63.6 Å². The summed E-state index contributed by atoms with van der Waals surface area (Å²) in [6.45, 7) is 2.09. The number of aliphatic carboxylic acids is 1. The summed E-state index contributed by atoms with van der Waals surface area (Å²) in [6, 6.07) is 3.59. The average molecular weight is 252 g/mol. The molecule has 1 heterocycles. The number of hydrogen-bond acceptors (Lipinski definition) is 4. The van der Waals surface area contributed by atoms with Crippen LogP contribution in [0.15, 0.2) is 24.3 Å². The molecular formula is C12H12O4S. The van der Waals surface area contributed by atoms with E-state index in [1.165, 1.54) is 23.5 Å². The summed E-state index contributed by atoms with van der Waals surface area (Å²) in [6.07, 6.45) is 5.57. The number of thiophene rings is 1. The van der Waals surface area contributed by atoms with E-state index in [1.54, 1.807) is 19.1 Å². The Hall–Kier alpha value is -1.88. The number of carbonyl (C=O) groups excluding carboxylic acids is 1. The van der Waals surface area contributed by atoms with Crippen LogP contribution in [0.1, 0.15) is 16.7 Å². The molecule has 1 N–H and O–H groups in total. The van der Waals surface area contributed by atoms with Gasteiger partial charge in [-0.3, -0.25) is 0 Å². The summed E-state index contributed by atoms with van der Waals surface area (Å²) in [5.41, 5.74) is 0. The molecule has 0 spiro atoms. The predicted molar refractivity (Wildman–Crippen MR) is 66.7 cm³/mol. The van der Waals surface area contributed by atoms with Crippen molar-refractivity contribution in [3.63, 3.8) is 0 Å². The number of carbonyl (C=O) groups is 2. The van der Waals surface area contributed by atoms with Crippen molar-refractivity contribution in [3.8, 4) is 0 Å². The molecule has 0 aliphatic rings. The minimum absolute atomic E-state index is 0.347. The highest BCUT2D eigenvalue weighted by atomic mass is 32.1. The standard InChI is InChI=1S/C12H12O4S/c1-2-16-12(15)8-6-10-4-3-9(17-10)5-7-11(13)14/h3-8H,2H2,1H3,(H,13,14). The van der Waals surface area contributed by atoms with Crippen molar-refractivity contribution in [3.05, 3.63) is 34.0 Å². The Morgan fingerprint density at radius 2 is 1.88 bits per heavy atom. The third-order valence-electron chi connectivity index (χ3n) is 1.71. The molecular weight excluding hydrogens is 240 g/mol. The molecule has 4 nitrogen and oxygen atoms in total. The molecule has 0 aromatic carbocycles. The smallest absolute Gasteiger partial charge is 0.330 e. The number of ether oxygens (including phenoxy) is 1. The Labute approximate surface area is 103 Å². The van der Waals surface area contributed by atoms with Gasteiger partial charge in [0, 0.05) is 21.9 Å². The molecule has 0 atom stereocenters. The van der Waals surface area contributed by atoms with Crippen molar-refractivity contribution in [1.82, 2.24) is 0 Å². The highest BCUT2D eigenvalue weighted by molar-refractivity contribution is 7.13. The van der Waals surface area contributed by atoms with Crippen LogP contribution in [0.2, 0.25) is 0 Å². The lowest BCUT2D eigenvalue weighted by Gasteiger charge is -1.93. The number of esters is 1. The third-order valence-corrected chi connectivity index (χ3v) is 2.72. The van der Waals surface area contributed by atoms with E-state index in [-0.39, 0.29) is 5.97 Å². The number of hydrogen-bond donors (Lipinski definition) is 1. The van der Waals surface area contributed by atoms with Gasteiger partial charge in [-0.25, -0.2) is 9.59 Å². The SMILES string of the molecule is CCOC(=O)C=Cc1ccc(C=CC(=O)O)s1. The van der Waals surface area contributed by atoms with Gasteiger partial charge in [-0.1, -0.05) is 0 Å². The predicted octanol–water partition coefficient (Wildman–Crippen LogP) is 2.42. The van der Waals surface area contributed by atoms with Crippen LogP contribution in [0.3, 0.4) is 0 Å². The number of rotatable bonds is 5. The van der Waals surface area contributed by atoms with Gasteiger partial charge in [0.2, 0.25) is 0 Å². The van der Waals surface area contributed by atoms with E-state index in [9.17, 15) is 9.59 Å². The van der Waals surface area contributed by atoms with Crippen molar-refractivity contribution in [2.75, 3.05) is 6.61 Å². The lowest BCUT2D eigenvalue weighted by molar-refractivity contribution is -0.137. The average Bonchev–Trinajstić information content (AvgIpc) is 2.72. The van der Waals surface area contributed by atoms with Gasteiger partial charge in [-0.15, -0.1) is 11.3 Å². The first-order chi connectivity index (χ1) is 8.11. The van der Waals surface area contributed by atoms with Gasteiger partial charge in [0.05, 0.1) is 6.61 Å². The molecule has 1 aromatic heterocycles. The summed E-state index contributed by atoms with van der Waals surface area (Å²) < 4.78 is 4.74. The number of carboxylic acids is 1. The fourth-order valence-corrected chi connectivity index (χ4v) is 1.86. The highest BCUT2D eigenvalue weighted by Gasteiger charge is 1.97. The Morgan fingerprint density at radius 1 is 1.29 bits per heavy atom. The first-order valence-electron chi connectivity index (χ1n) is 4.97. The molecule has 0 fully saturated rings. The molecule has 0 saturated heterocycles. The van der Waals surface area contributed by atoms with E-state index in [4.69, 9.17) is 9.84 Å². The van der Waals surface area contributed by atoms with Crippen LogP contribution >= 0.6 is 11.3 Å². The summed E-state index contributed by atoms with van der Waals surface area (Å²) in [5, 5.41) is 8.46. The quantitative estimate of drug-likeness (QED) is 0.645. The first kappa shape index (κ1) is 13.2. The van der Waals surface area contributed by atoms with E-state index in [1.807, 2.05) is 6.07 Å². The van der Waals surface area contributed by atoms with Gasteiger partial charge in [0.15, 0.2) is 0 Å². The van der Waals surface area contributed by atoms with Gasteiger partial charge in [-0.2, -0.15) is 0 Å². The fourth-order valence-electron chi connectivity index (χ4n) is 1.04. The summed E-state index contributed by atoms with van der Waals surface area (Å²) >= 11 is 1.39. The second kappa shape index (κ2) is 6.65. The van der Waals surface area contributed by atoms with Crippen LogP contribution in [0.25, 0.3) is 12.2 Å². The second-order valence-corrected chi connectivity index (χ2v) is 4.14. The Morgan fingerprint density at radius 3 is 2.41 bits per heavy atom. The largest absolute Gasteiger partial charge is 0.478 e. The zero-order chi connectivity index (χ0) is 12.7. The zero-order valence-electron chi connectivity index (χ0n) is 9.25. The van der Waals surface area contributed by atoms with E-state index < -0.39 is 5.97 Å². The third kappa shape index (κ3) is 5.12. The lowest BCUT2D eigenvalue weighted by Crippen LogP contribution is -1.98. The molecule has 5 heteroatoms. The van der Waals surface area contributed by atoms with Gasteiger partial charge in [-0.05, 0) is 31.2 Å². The van der Waals surface area contributed by atoms with Gasteiger partial charge in [0.1, 0.15) is 0 Å². The van der Waals surface area contributed by atoms with Crippen molar-refractivity contribution < 1.29 is 19.4 Å². The van der Waals surface area contributed by atoms with Crippen LogP contribution in [0.4, 0.5) is 0 Å². The molecule has 90 valence electrons. The maximum atomic E-state index is 11.0. The van der Waals surface area contributed by atoms with Crippen LogP contribution in [-0.4, -0.2) is 23.7 Å². The van der Waals surface area contributed by atoms with E-state index >= 15 is 0 Å². The van der Waals surface area contributed by atoms with Gasteiger partial charge < -0.3 is 9.84 Å². The van der Waals surface area contributed by atoms with Gasteiger partial charge in [0.25, 0.3) is 0 Å². The van der Waals surface area contributed by atoms with E-state index in [2.05, 4.69) is 0 Å². The summed E-state index contributed by atoms with van der Waals surface area (Å²) in [7, 11) is 0. The van der Waals surface area contributed by atoms with Crippen molar-refractivity contribution in [2.45, 2.75) is 6.92 Å². The molecule has 0 aliphatic carbocycles. The Balaban J connectivity index is 2.62. The normalized spacial score (nSPS) is 11.1. The molecule has 1 rings (SSSR count). The molecule has 1 aromatic rings. The van der Waals surface area contributed by atoms with E-state index in [0.29, 0.717) is 6.61 Å². The van der Waals surface area contributed by atoms with Crippen molar-refractivity contribution >= 4 is 35.4 Å². The fraction of sp³-hybridized carbons (Fsp3) is 0.167. The molecule has 17 heavy (non-hydrogen) atoms. The minimum Gasteiger partial charge on any atom is -0.478 e. The highest BCUT2D eigenvalue weighted by Crippen LogP contribution is 2.19. The van der Waals surface area contributed by atoms with Crippen LogP contribution in [0, 0.1) is 0 Å². The molecule has 0 amide bonds. The summed E-state index contributed by atoms with van der Waals surface area (Å²) in [5.74, 6) is -1.37. The first-order valence-corrected chi connectivity index (χ1v) is 5.79. The van der Waals surface area contributed by atoms with Crippen LogP contribution in [-0.2, 0) is 14.3 Å². The molecule has 0 radical (unpaired) electrons. The zero-order valence-corrected chi connectivity index (χ0v) is 10.1. The maximum Gasteiger partial charge on any atom is 0.330 e. The van der Waals surface area contributed by atoms with Gasteiger partial charge >= 0.3 is 11.9 Å². The van der Waals surface area contributed by atoms with Crippen molar-refractivity contribution in [2.24, 2.45) is 0 Å². The maximum absolute atomic E-state index is 11.0. The van der Waals surface area contributed by atoms with Crippen LogP contribution in [0.5, 0.6) is 0 Å². The summed E-state index contributed by atoms with van der Waals surface area (Å²) in [4.78, 5) is 23.0. The Bertz CT molecular complexity index is 457. The number of carboxylic acid groups (broad SMARTS) is 1. The molecule has 0 aliphatic heterocycles. The lowest BCUT2D eigenvalue weighted by atomic mass is 10.3. The molecule has 0 bridgehead atoms. The monoisotopic (exact) mass is 252 g/mol. The van der Waals surface area contributed by atoms with Crippen molar-refractivity contribution in [1.29, 1.82) is 0 Å². The second-order valence-electron chi connectivity index (χ2n) is 3.00. The molecule has 0 saturated carbocycles.